The second kappa shape index (κ2) is 7.90. The van der Waals surface area contributed by atoms with E-state index in [1.807, 2.05) is 50.1 Å². The van der Waals surface area contributed by atoms with Crippen molar-refractivity contribution in [2.45, 2.75) is 45.7 Å². The Bertz CT molecular complexity index is 416. The highest BCUT2D eigenvalue weighted by atomic mass is 16.5. The standard InChI is InChI=1S/C16H25NO3/c1-5-11-20-14-9-7-13(8-10-14)12(3)17(4)15(6-2)16(18)19/h7-10,12,15H,5-6,11H2,1-4H3,(H,18,19). The molecule has 1 N–H and O–H groups in total. The summed E-state index contributed by atoms with van der Waals surface area (Å²) in [4.78, 5) is 13.1. The van der Waals surface area contributed by atoms with Crippen LogP contribution in [0.4, 0.5) is 0 Å². The first-order valence-corrected chi connectivity index (χ1v) is 7.18. The molecule has 112 valence electrons. The SMILES string of the molecule is CCCOc1ccc(C(C)N(C)C(CC)C(=O)O)cc1. The molecule has 1 rings (SSSR count). The fourth-order valence-electron chi connectivity index (χ4n) is 2.20. The van der Waals surface area contributed by atoms with Crippen molar-refractivity contribution in [3.8, 4) is 5.75 Å². The average molecular weight is 279 g/mol. The molecule has 0 spiro atoms. The molecule has 4 heteroatoms. The zero-order valence-corrected chi connectivity index (χ0v) is 12.8. The van der Waals surface area contributed by atoms with Crippen LogP contribution in [0.2, 0.25) is 0 Å². The maximum absolute atomic E-state index is 11.2. The van der Waals surface area contributed by atoms with Crippen LogP contribution in [0.5, 0.6) is 5.75 Å². The van der Waals surface area contributed by atoms with Crippen molar-refractivity contribution in [3.05, 3.63) is 29.8 Å². The van der Waals surface area contributed by atoms with Crippen molar-refractivity contribution >= 4 is 5.97 Å². The molecule has 0 aliphatic carbocycles. The van der Waals surface area contributed by atoms with Gasteiger partial charge in [0.25, 0.3) is 0 Å². The largest absolute Gasteiger partial charge is 0.494 e. The summed E-state index contributed by atoms with van der Waals surface area (Å²) in [5.41, 5.74) is 1.09. The summed E-state index contributed by atoms with van der Waals surface area (Å²) in [5, 5.41) is 9.22. The zero-order valence-electron chi connectivity index (χ0n) is 12.8. The number of hydrogen-bond donors (Lipinski definition) is 1. The summed E-state index contributed by atoms with van der Waals surface area (Å²) in [7, 11) is 1.86. The molecule has 0 aliphatic heterocycles. The minimum absolute atomic E-state index is 0.0521. The lowest BCUT2D eigenvalue weighted by Crippen LogP contribution is -2.39. The number of carboxylic acid groups (broad SMARTS) is 1. The molecule has 2 atom stereocenters. The maximum atomic E-state index is 11.2. The Morgan fingerprint density at radius 1 is 1.30 bits per heavy atom. The van der Waals surface area contributed by atoms with Crippen molar-refractivity contribution in [3.63, 3.8) is 0 Å². The van der Waals surface area contributed by atoms with E-state index in [2.05, 4.69) is 6.92 Å². The van der Waals surface area contributed by atoms with E-state index >= 15 is 0 Å². The Morgan fingerprint density at radius 2 is 1.90 bits per heavy atom. The number of nitrogens with zero attached hydrogens (tertiary/aromatic N) is 1. The quantitative estimate of drug-likeness (QED) is 0.793. The molecule has 4 nitrogen and oxygen atoms in total. The van der Waals surface area contributed by atoms with Gasteiger partial charge in [-0.25, -0.2) is 0 Å². The Hall–Kier alpha value is -1.55. The second-order valence-corrected chi connectivity index (χ2v) is 5.02. The highest BCUT2D eigenvalue weighted by Crippen LogP contribution is 2.24. The molecule has 0 heterocycles. The molecule has 1 aromatic rings. The molecule has 0 fully saturated rings. The van der Waals surface area contributed by atoms with E-state index in [1.54, 1.807) is 0 Å². The number of carboxylic acids is 1. The van der Waals surface area contributed by atoms with E-state index in [0.29, 0.717) is 13.0 Å². The predicted molar refractivity (Wildman–Crippen MR) is 80.1 cm³/mol. The Balaban J connectivity index is 2.75. The molecular weight excluding hydrogens is 254 g/mol. The summed E-state index contributed by atoms with van der Waals surface area (Å²) in [6, 6.07) is 7.48. The van der Waals surface area contributed by atoms with Crippen molar-refractivity contribution in [2.75, 3.05) is 13.7 Å². The lowest BCUT2D eigenvalue weighted by atomic mass is 10.0. The van der Waals surface area contributed by atoms with Gasteiger partial charge in [-0.15, -0.1) is 0 Å². The lowest BCUT2D eigenvalue weighted by Gasteiger charge is -2.30. The first-order chi connectivity index (χ1) is 9.51. The topological polar surface area (TPSA) is 49.8 Å². The van der Waals surface area contributed by atoms with E-state index in [-0.39, 0.29) is 6.04 Å². The van der Waals surface area contributed by atoms with Crippen molar-refractivity contribution in [2.24, 2.45) is 0 Å². The van der Waals surface area contributed by atoms with Crippen molar-refractivity contribution in [1.82, 2.24) is 4.90 Å². The molecule has 2 unspecified atom stereocenters. The monoisotopic (exact) mass is 279 g/mol. The summed E-state index contributed by atoms with van der Waals surface area (Å²) in [5.74, 6) is 0.0838. The maximum Gasteiger partial charge on any atom is 0.320 e. The van der Waals surface area contributed by atoms with Gasteiger partial charge in [0, 0.05) is 6.04 Å². The molecule has 0 saturated heterocycles. The number of benzene rings is 1. The van der Waals surface area contributed by atoms with Gasteiger partial charge in [0.1, 0.15) is 11.8 Å². The number of rotatable bonds is 8. The Morgan fingerprint density at radius 3 is 2.35 bits per heavy atom. The van der Waals surface area contributed by atoms with Crippen LogP contribution in [-0.4, -0.2) is 35.7 Å². The third-order valence-corrected chi connectivity index (χ3v) is 3.61. The Kier molecular flexibility index (Phi) is 6.52. The van der Waals surface area contributed by atoms with Gasteiger partial charge >= 0.3 is 5.97 Å². The van der Waals surface area contributed by atoms with Crippen LogP contribution in [0.3, 0.4) is 0 Å². The van der Waals surface area contributed by atoms with E-state index in [9.17, 15) is 9.90 Å². The smallest absolute Gasteiger partial charge is 0.320 e. The summed E-state index contributed by atoms with van der Waals surface area (Å²) in [6.07, 6.45) is 1.57. The van der Waals surface area contributed by atoms with Gasteiger partial charge in [0.05, 0.1) is 6.61 Å². The minimum Gasteiger partial charge on any atom is -0.494 e. The minimum atomic E-state index is -0.773. The van der Waals surface area contributed by atoms with Crippen LogP contribution in [0.15, 0.2) is 24.3 Å². The highest BCUT2D eigenvalue weighted by molar-refractivity contribution is 5.73. The van der Waals surface area contributed by atoms with Gasteiger partial charge in [-0.2, -0.15) is 0 Å². The fraction of sp³-hybridized carbons (Fsp3) is 0.562. The molecule has 0 bridgehead atoms. The van der Waals surface area contributed by atoms with Crippen molar-refractivity contribution < 1.29 is 14.6 Å². The van der Waals surface area contributed by atoms with Crippen LogP contribution in [-0.2, 0) is 4.79 Å². The van der Waals surface area contributed by atoms with Crippen LogP contribution >= 0.6 is 0 Å². The molecule has 1 aromatic carbocycles. The molecule has 0 amide bonds. The fourth-order valence-corrected chi connectivity index (χ4v) is 2.20. The first-order valence-electron chi connectivity index (χ1n) is 7.18. The van der Waals surface area contributed by atoms with Gasteiger partial charge in [-0.05, 0) is 44.5 Å². The molecule has 0 aliphatic rings. The normalized spacial score (nSPS) is 14.1. The van der Waals surface area contributed by atoms with Crippen molar-refractivity contribution in [1.29, 1.82) is 0 Å². The molecule has 0 radical (unpaired) electrons. The van der Waals surface area contributed by atoms with Crippen LogP contribution in [0, 0.1) is 0 Å². The number of ether oxygens (including phenoxy) is 1. The van der Waals surface area contributed by atoms with Gasteiger partial charge in [0.15, 0.2) is 0 Å². The molecule has 20 heavy (non-hydrogen) atoms. The van der Waals surface area contributed by atoms with Crippen LogP contribution in [0.25, 0.3) is 0 Å². The summed E-state index contributed by atoms with van der Waals surface area (Å²) < 4.78 is 5.55. The van der Waals surface area contributed by atoms with E-state index < -0.39 is 12.0 Å². The van der Waals surface area contributed by atoms with E-state index in [0.717, 1.165) is 17.7 Å². The third kappa shape index (κ3) is 4.23. The zero-order chi connectivity index (χ0) is 15.1. The predicted octanol–water partition coefficient (Wildman–Crippen LogP) is 3.33. The summed E-state index contributed by atoms with van der Waals surface area (Å²) >= 11 is 0. The molecule has 0 saturated carbocycles. The van der Waals surface area contributed by atoms with Gasteiger partial charge in [-0.1, -0.05) is 26.0 Å². The second-order valence-electron chi connectivity index (χ2n) is 5.02. The van der Waals surface area contributed by atoms with Gasteiger partial charge < -0.3 is 9.84 Å². The van der Waals surface area contributed by atoms with E-state index in [1.165, 1.54) is 0 Å². The van der Waals surface area contributed by atoms with Crippen LogP contribution < -0.4 is 4.74 Å². The first kappa shape index (κ1) is 16.5. The van der Waals surface area contributed by atoms with E-state index in [4.69, 9.17) is 4.74 Å². The Labute approximate surface area is 121 Å². The number of hydrogen-bond acceptors (Lipinski definition) is 3. The molecule has 0 aromatic heterocycles. The van der Waals surface area contributed by atoms with Gasteiger partial charge in [0.2, 0.25) is 0 Å². The summed E-state index contributed by atoms with van der Waals surface area (Å²) in [6.45, 7) is 6.70. The third-order valence-electron chi connectivity index (χ3n) is 3.61. The molecular formula is C16H25NO3. The lowest BCUT2D eigenvalue weighted by molar-refractivity contribution is -0.143. The van der Waals surface area contributed by atoms with Crippen LogP contribution in [0.1, 0.15) is 45.2 Å². The average Bonchev–Trinajstić information content (AvgIpc) is 2.45. The number of likely N-dealkylation sites (N-methyl/N-ethyl adjacent to an activating group) is 1. The number of aliphatic carboxylic acids is 1. The van der Waals surface area contributed by atoms with Gasteiger partial charge in [-0.3, -0.25) is 9.69 Å². The number of carbonyl (C=O) groups is 1. The highest BCUT2D eigenvalue weighted by Gasteiger charge is 2.25.